The molecule has 0 unspecified atom stereocenters. The van der Waals surface area contributed by atoms with Gasteiger partial charge in [-0.1, -0.05) is 0 Å². The first kappa shape index (κ1) is 19.3. The van der Waals surface area contributed by atoms with Gasteiger partial charge in [0.1, 0.15) is 29.0 Å². The predicted molar refractivity (Wildman–Crippen MR) is 96.2 cm³/mol. The Morgan fingerprint density at radius 3 is 2.31 bits per heavy atom. The molecule has 3 atom stereocenters. The fourth-order valence-electron chi connectivity index (χ4n) is 3.57. The Morgan fingerprint density at radius 2 is 1.69 bits per heavy atom. The van der Waals surface area contributed by atoms with Crippen LogP contribution in [0, 0.1) is 6.92 Å². The number of phenols is 2. The summed E-state index contributed by atoms with van der Waals surface area (Å²) in [6.07, 6.45) is -2.94. The lowest BCUT2D eigenvalue weighted by atomic mass is 9.82. The van der Waals surface area contributed by atoms with Gasteiger partial charge >= 0.3 is 0 Å². The average Bonchev–Trinajstić information content (AvgIpc) is 2.94. The summed E-state index contributed by atoms with van der Waals surface area (Å²) in [5, 5.41) is 49.8. The van der Waals surface area contributed by atoms with Crippen LogP contribution in [0.15, 0.2) is 24.3 Å². The number of carbonyl (C=O) groups excluding carboxylic acids is 2. The van der Waals surface area contributed by atoms with Gasteiger partial charge in [-0.2, -0.15) is 0 Å². The minimum atomic E-state index is -1.90. The van der Waals surface area contributed by atoms with E-state index in [2.05, 4.69) is 0 Å². The highest BCUT2D eigenvalue weighted by Crippen LogP contribution is 2.40. The summed E-state index contributed by atoms with van der Waals surface area (Å²) < 4.78 is 10.6. The Balaban J connectivity index is 1.74. The molecule has 2 aliphatic rings. The SMILES string of the molecule is Cc1cc(O)c2c(c1)C(=O)c1cc(O[C@@H]3OC[C@](O)(CO)[C@@H]3O)cc(O)c1C2=O. The maximum absolute atomic E-state index is 12.9. The molecule has 1 aliphatic heterocycles. The molecular weight excluding hydrogens is 384 g/mol. The second kappa shape index (κ2) is 6.53. The van der Waals surface area contributed by atoms with Crippen molar-refractivity contribution in [2.75, 3.05) is 13.2 Å². The fourth-order valence-corrected chi connectivity index (χ4v) is 3.57. The highest BCUT2D eigenvalue weighted by Gasteiger charge is 2.49. The van der Waals surface area contributed by atoms with Gasteiger partial charge in [-0.3, -0.25) is 9.59 Å². The molecule has 1 fully saturated rings. The Morgan fingerprint density at radius 1 is 1.07 bits per heavy atom. The normalized spacial score (nSPS) is 25.7. The molecule has 0 radical (unpaired) electrons. The third kappa shape index (κ3) is 2.87. The largest absolute Gasteiger partial charge is 0.507 e. The van der Waals surface area contributed by atoms with Crippen molar-refractivity contribution in [3.63, 3.8) is 0 Å². The summed E-state index contributed by atoms with van der Waals surface area (Å²) in [6, 6.07) is 5.09. The zero-order chi connectivity index (χ0) is 21.1. The van der Waals surface area contributed by atoms with Crippen LogP contribution in [0.5, 0.6) is 17.2 Å². The molecule has 29 heavy (non-hydrogen) atoms. The van der Waals surface area contributed by atoms with Crippen molar-refractivity contribution in [2.24, 2.45) is 0 Å². The van der Waals surface area contributed by atoms with E-state index in [0.29, 0.717) is 5.56 Å². The predicted octanol–water partition coefficient (Wildman–Crippen LogP) is 0.00102. The Bertz CT molecular complexity index is 1040. The van der Waals surface area contributed by atoms with Crippen molar-refractivity contribution in [1.82, 2.24) is 0 Å². The zero-order valence-electron chi connectivity index (χ0n) is 15.2. The summed E-state index contributed by atoms with van der Waals surface area (Å²) in [5.41, 5.74) is -1.90. The number of phenolic OH excluding ortho intramolecular Hbond substituents is 2. The molecule has 4 rings (SSSR count). The number of fused-ring (bicyclic) bond motifs is 2. The molecule has 152 valence electrons. The smallest absolute Gasteiger partial charge is 0.229 e. The summed E-state index contributed by atoms with van der Waals surface area (Å²) in [4.78, 5) is 25.7. The Labute approximate surface area is 164 Å². The maximum Gasteiger partial charge on any atom is 0.229 e. The van der Waals surface area contributed by atoms with Crippen molar-refractivity contribution in [1.29, 1.82) is 0 Å². The standard InChI is InChI=1S/C20H18O9/c1-8-2-10-14(12(22)3-8)17(25)15-11(16(10)24)4-9(5-13(15)23)29-19-18(26)20(27,6-21)7-28-19/h2-5,18-19,21-23,26-27H,6-7H2,1H3/t18-,19+,20-/m1/s1. The van der Waals surface area contributed by atoms with Gasteiger partial charge in [0.15, 0.2) is 5.78 Å². The maximum atomic E-state index is 12.9. The molecule has 2 aromatic carbocycles. The molecule has 9 heteroatoms. The van der Waals surface area contributed by atoms with E-state index < -0.39 is 41.9 Å². The van der Waals surface area contributed by atoms with Gasteiger partial charge in [-0.15, -0.1) is 0 Å². The monoisotopic (exact) mass is 402 g/mol. The molecule has 9 nitrogen and oxygen atoms in total. The van der Waals surface area contributed by atoms with Gasteiger partial charge in [0.05, 0.1) is 24.3 Å². The first-order valence-electron chi connectivity index (χ1n) is 8.76. The molecule has 0 amide bonds. The van der Waals surface area contributed by atoms with E-state index >= 15 is 0 Å². The molecule has 1 aliphatic carbocycles. The van der Waals surface area contributed by atoms with Gasteiger partial charge in [-0.05, 0) is 30.7 Å². The summed E-state index contributed by atoms with van der Waals surface area (Å²) in [5.74, 6) is -2.29. The highest BCUT2D eigenvalue weighted by molar-refractivity contribution is 6.30. The molecule has 0 saturated carbocycles. The third-order valence-electron chi connectivity index (χ3n) is 5.13. The van der Waals surface area contributed by atoms with E-state index in [0.717, 1.165) is 6.07 Å². The topological polar surface area (TPSA) is 154 Å². The molecule has 0 bridgehead atoms. The third-order valence-corrected chi connectivity index (χ3v) is 5.13. The highest BCUT2D eigenvalue weighted by atomic mass is 16.7. The summed E-state index contributed by atoms with van der Waals surface area (Å²) in [6.45, 7) is 0.525. The van der Waals surface area contributed by atoms with E-state index in [1.54, 1.807) is 6.92 Å². The van der Waals surface area contributed by atoms with Crippen molar-refractivity contribution >= 4 is 11.6 Å². The van der Waals surface area contributed by atoms with E-state index in [4.69, 9.17) is 9.47 Å². The second-order valence-corrected chi connectivity index (χ2v) is 7.23. The summed E-state index contributed by atoms with van der Waals surface area (Å²) >= 11 is 0. The molecule has 0 spiro atoms. The van der Waals surface area contributed by atoms with Crippen molar-refractivity contribution in [2.45, 2.75) is 24.9 Å². The van der Waals surface area contributed by atoms with Crippen molar-refractivity contribution in [3.8, 4) is 17.2 Å². The van der Waals surface area contributed by atoms with Gasteiger partial charge < -0.3 is 35.0 Å². The van der Waals surface area contributed by atoms with Crippen LogP contribution in [0.4, 0.5) is 0 Å². The van der Waals surface area contributed by atoms with E-state index in [1.165, 1.54) is 18.2 Å². The van der Waals surface area contributed by atoms with Gasteiger partial charge in [0.25, 0.3) is 0 Å². The number of carbonyl (C=O) groups is 2. The van der Waals surface area contributed by atoms with Crippen LogP contribution in [-0.4, -0.2) is 68.3 Å². The Hall–Kier alpha value is -2.98. The van der Waals surface area contributed by atoms with Gasteiger partial charge in [-0.25, -0.2) is 0 Å². The van der Waals surface area contributed by atoms with Crippen LogP contribution in [0.2, 0.25) is 0 Å². The van der Waals surface area contributed by atoms with Crippen molar-refractivity contribution in [3.05, 3.63) is 52.1 Å². The Kier molecular flexibility index (Phi) is 4.35. The van der Waals surface area contributed by atoms with Crippen LogP contribution >= 0.6 is 0 Å². The summed E-state index contributed by atoms with van der Waals surface area (Å²) in [7, 11) is 0. The molecule has 1 heterocycles. The zero-order valence-corrected chi connectivity index (χ0v) is 15.2. The number of hydrogen-bond acceptors (Lipinski definition) is 9. The van der Waals surface area contributed by atoms with E-state index in [-0.39, 0.29) is 40.4 Å². The second-order valence-electron chi connectivity index (χ2n) is 7.23. The number of ketones is 2. The van der Waals surface area contributed by atoms with Crippen LogP contribution in [0.3, 0.4) is 0 Å². The molecule has 5 N–H and O–H groups in total. The van der Waals surface area contributed by atoms with E-state index in [1.807, 2.05) is 0 Å². The van der Waals surface area contributed by atoms with Crippen LogP contribution in [0.25, 0.3) is 0 Å². The lowest BCUT2D eigenvalue weighted by molar-refractivity contribution is -0.115. The first-order chi connectivity index (χ1) is 13.7. The lowest BCUT2D eigenvalue weighted by Gasteiger charge is -2.24. The number of aromatic hydroxyl groups is 2. The minimum Gasteiger partial charge on any atom is -0.507 e. The molecule has 0 aromatic heterocycles. The quantitative estimate of drug-likeness (QED) is 0.407. The first-order valence-corrected chi connectivity index (χ1v) is 8.76. The minimum absolute atomic E-state index is 0.00311. The number of aryl methyl sites for hydroxylation is 1. The number of aliphatic hydroxyl groups excluding tert-OH is 2. The fraction of sp³-hybridized carbons (Fsp3) is 0.300. The number of rotatable bonds is 3. The van der Waals surface area contributed by atoms with Gasteiger partial charge in [0.2, 0.25) is 12.1 Å². The average molecular weight is 402 g/mol. The molecular formula is C20H18O9. The molecule has 2 aromatic rings. The number of ether oxygens (including phenoxy) is 2. The number of hydrogen-bond donors (Lipinski definition) is 5. The van der Waals surface area contributed by atoms with Crippen LogP contribution in [0.1, 0.15) is 37.4 Å². The van der Waals surface area contributed by atoms with E-state index in [9.17, 15) is 35.1 Å². The number of aliphatic hydroxyl groups is 3. The molecule has 1 saturated heterocycles. The van der Waals surface area contributed by atoms with Gasteiger partial charge in [0, 0.05) is 17.2 Å². The lowest BCUT2D eigenvalue weighted by Crippen LogP contribution is -2.48. The van der Waals surface area contributed by atoms with Crippen molar-refractivity contribution < 1.29 is 44.6 Å². The van der Waals surface area contributed by atoms with Crippen LogP contribution < -0.4 is 4.74 Å². The number of benzene rings is 2. The van der Waals surface area contributed by atoms with Crippen LogP contribution in [-0.2, 0) is 4.74 Å².